The van der Waals surface area contributed by atoms with E-state index in [1.165, 1.54) is 29.3 Å². The van der Waals surface area contributed by atoms with Crippen LogP contribution in [0.1, 0.15) is 32.3 Å². The van der Waals surface area contributed by atoms with Crippen molar-refractivity contribution in [1.82, 2.24) is 15.2 Å². The molecule has 1 aromatic carbocycles. The second kappa shape index (κ2) is 7.62. The van der Waals surface area contributed by atoms with Crippen LogP contribution in [0.3, 0.4) is 0 Å². The topological polar surface area (TPSA) is 31.1 Å². The Morgan fingerprint density at radius 1 is 1.14 bits per heavy atom. The fourth-order valence-electron chi connectivity index (χ4n) is 3.26. The Labute approximate surface area is 128 Å². The summed E-state index contributed by atoms with van der Waals surface area (Å²) in [4.78, 5) is 5.64. The van der Waals surface area contributed by atoms with Gasteiger partial charge < -0.3 is 15.2 Å². The summed E-state index contributed by atoms with van der Waals surface area (Å²) in [6.45, 7) is 6.57. The lowest BCUT2D eigenvalue weighted by Gasteiger charge is -2.31. The maximum atomic E-state index is 3.66. The van der Waals surface area contributed by atoms with Crippen LogP contribution in [0.2, 0.25) is 0 Å². The molecule has 0 aliphatic heterocycles. The van der Waals surface area contributed by atoms with Gasteiger partial charge in [-0.05, 0) is 37.7 Å². The third-order valence-electron chi connectivity index (χ3n) is 4.61. The zero-order valence-electron chi connectivity index (χ0n) is 13.8. The molecule has 2 N–H and O–H groups in total. The van der Waals surface area contributed by atoms with Crippen LogP contribution in [0.5, 0.6) is 0 Å². The lowest BCUT2D eigenvalue weighted by Crippen LogP contribution is -2.42. The first-order valence-electron chi connectivity index (χ1n) is 8.09. The van der Waals surface area contributed by atoms with Crippen LogP contribution in [-0.2, 0) is 6.54 Å². The minimum atomic E-state index is 0.602. The monoisotopic (exact) mass is 287 g/mol. The van der Waals surface area contributed by atoms with Crippen molar-refractivity contribution in [3.63, 3.8) is 0 Å². The molecule has 1 unspecified atom stereocenters. The molecule has 116 valence electrons. The Balaban J connectivity index is 1.97. The lowest BCUT2D eigenvalue weighted by atomic mass is 9.93. The van der Waals surface area contributed by atoms with Crippen molar-refractivity contribution in [1.29, 1.82) is 0 Å². The number of H-pyrrole nitrogens is 1. The van der Waals surface area contributed by atoms with E-state index in [0.717, 1.165) is 19.0 Å². The Morgan fingerprint density at radius 3 is 2.57 bits per heavy atom. The van der Waals surface area contributed by atoms with Gasteiger partial charge in [0, 0.05) is 36.2 Å². The summed E-state index contributed by atoms with van der Waals surface area (Å²) in [5.74, 6) is 0.760. The molecule has 2 rings (SSSR count). The smallest absolute Gasteiger partial charge is 0.0457 e. The Bertz CT molecular complexity index is 540. The van der Waals surface area contributed by atoms with E-state index >= 15 is 0 Å². The van der Waals surface area contributed by atoms with Crippen molar-refractivity contribution in [2.24, 2.45) is 5.92 Å². The molecule has 0 aliphatic carbocycles. The number of benzene rings is 1. The highest BCUT2D eigenvalue weighted by atomic mass is 15.1. The van der Waals surface area contributed by atoms with Crippen LogP contribution >= 0.6 is 0 Å². The minimum Gasteiger partial charge on any atom is -0.361 e. The summed E-state index contributed by atoms with van der Waals surface area (Å²) in [6.07, 6.45) is 4.50. The van der Waals surface area contributed by atoms with Gasteiger partial charge in [-0.3, -0.25) is 0 Å². The fourth-order valence-corrected chi connectivity index (χ4v) is 3.26. The predicted molar refractivity (Wildman–Crippen MR) is 91.6 cm³/mol. The van der Waals surface area contributed by atoms with E-state index in [1.54, 1.807) is 0 Å². The molecular formula is C18H29N3. The number of likely N-dealkylation sites (N-methyl/N-ethyl adjacent to an activating group) is 1. The summed E-state index contributed by atoms with van der Waals surface area (Å²) in [7, 11) is 4.38. The largest absolute Gasteiger partial charge is 0.361 e. The average Bonchev–Trinajstić information content (AvgIpc) is 2.95. The van der Waals surface area contributed by atoms with Crippen molar-refractivity contribution >= 4 is 10.9 Å². The number of rotatable bonds is 8. The number of fused-ring (bicyclic) bond motifs is 1. The number of nitrogens with zero attached hydrogens (tertiary/aromatic N) is 1. The molecule has 1 atom stereocenters. The molecule has 1 heterocycles. The number of hydrogen-bond acceptors (Lipinski definition) is 2. The van der Waals surface area contributed by atoms with Gasteiger partial charge in [0.1, 0.15) is 0 Å². The molecule has 0 spiro atoms. The number of hydrogen-bond donors (Lipinski definition) is 2. The molecule has 0 saturated heterocycles. The Morgan fingerprint density at radius 2 is 1.90 bits per heavy atom. The summed E-state index contributed by atoms with van der Waals surface area (Å²) in [5.41, 5.74) is 2.59. The zero-order valence-corrected chi connectivity index (χ0v) is 13.8. The third-order valence-corrected chi connectivity index (χ3v) is 4.61. The van der Waals surface area contributed by atoms with Gasteiger partial charge in [-0.25, -0.2) is 0 Å². The normalized spacial score (nSPS) is 13.4. The van der Waals surface area contributed by atoms with E-state index in [4.69, 9.17) is 0 Å². The van der Waals surface area contributed by atoms with Gasteiger partial charge in [0.05, 0.1) is 0 Å². The molecule has 3 nitrogen and oxygen atoms in total. The standard InChI is InChI=1S/C18H29N3/c1-5-14(6-2)18(21(3)4)13-19-12-15-8-7-9-17-16(15)10-11-20-17/h7-11,14,18-20H,5-6,12-13H2,1-4H3. The van der Waals surface area contributed by atoms with E-state index < -0.39 is 0 Å². The second-order valence-corrected chi connectivity index (χ2v) is 6.09. The molecule has 21 heavy (non-hydrogen) atoms. The highest BCUT2D eigenvalue weighted by Gasteiger charge is 2.20. The number of aromatic amines is 1. The van der Waals surface area contributed by atoms with Crippen LogP contribution < -0.4 is 5.32 Å². The molecule has 0 radical (unpaired) electrons. The maximum Gasteiger partial charge on any atom is 0.0457 e. The molecule has 2 aromatic rings. The third kappa shape index (κ3) is 3.86. The summed E-state index contributed by atoms with van der Waals surface area (Å²) in [6, 6.07) is 9.23. The second-order valence-electron chi connectivity index (χ2n) is 6.09. The van der Waals surface area contributed by atoms with Crippen molar-refractivity contribution in [2.45, 2.75) is 39.3 Å². The number of nitrogens with one attached hydrogen (secondary N) is 2. The van der Waals surface area contributed by atoms with Crippen molar-refractivity contribution in [2.75, 3.05) is 20.6 Å². The van der Waals surface area contributed by atoms with Crippen molar-refractivity contribution < 1.29 is 0 Å². The fraction of sp³-hybridized carbons (Fsp3) is 0.556. The van der Waals surface area contributed by atoms with Gasteiger partial charge in [-0.2, -0.15) is 0 Å². The van der Waals surface area contributed by atoms with E-state index in [1.807, 2.05) is 6.20 Å². The molecule has 3 heteroatoms. The van der Waals surface area contributed by atoms with Gasteiger partial charge in [-0.15, -0.1) is 0 Å². The minimum absolute atomic E-state index is 0.602. The Kier molecular flexibility index (Phi) is 5.83. The highest BCUT2D eigenvalue weighted by molar-refractivity contribution is 5.82. The van der Waals surface area contributed by atoms with E-state index in [-0.39, 0.29) is 0 Å². The van der Waals surface area contributed by atoms with Crippen LogP contribution in [0.25, 0.3) is 10.9 Å². The molecule has 0 aliphatic rings. The lowest BCUT2D eigenvalue weighted by molar-refractivity contribution is 0.194. The zero-order chi connectivity index (χ0) is 15.2. The quantitative estimate of drug-likeness (QED) is 0.777. The highest BCUT2D eigenvalue weighted by Crippen LogP contribution is 2.18. The van der Waals surface area contributed by atoms with Crippen molar-refractivity contribution in [3.8, 4) is 0 Å². The molecule has 0 saturated carbocycles. The average molecular weight is 287 g/mol. The van der Waals surface area contributed by atoms with Crippen LogP contribution in [0, 0.1) is 5.92 Å². The molecule has 1 aromatic heterocycles. The van der Waals surface area contributed by atoms with Crippen LogP contribution in [0.4, 0.5) is 0 Å². The van der Waals surface area contributed by atoms with Gasteiger partial charge in [0.15, 0.2) is 0 Å². The van der Waals surface area contributed by atoms with Gasteiger partial charge in [0.2, 0.25) is 0 Å². The van der Waals surface area contributed by atoms with E-state index in [9.17, 15) is 0 Å². The van der Waals surface area contributed by atoms with Crippen LogP contribution in [-0.4, -0.2) is 36.6 Å². The van der Waals surface area contributed by atoms with Gasteiger partial charge >= 0.3 is 0 Å². The van der Waals surface area contributed by atoms with Gasteiger partial charge in [-0.1, -0.05) is 38.8 Å². The first-order valence-corrected chi connectivity index (χ1v) is 8.09. The summed E-state index contributed by atoms with van der Waals surface area (Å²) < 4.78 is 0. The molecule has 0 amide bonds. The van der Waals surface area contributed by atoms with E-state index in [2.05, 4.69) is 67.4 Å². The van der Waals surface area contributed by atoms with Gasteiger partial charge in [0.25, 0.3) is 0 Å². The molecular weight excluding hydrogens is 258 g/mol. The van der Waals surface area contributed by atoms with E-state index in [0.29, 0.717) is 6.04 Å². The predicted octanol–water partition coefficient (Wildman–Crippen LogP) is 3.62. The first-order chi connectivity index (χ1) is 10.2. The summed E-state index contributed by atoms with van der Waals surface area (Å²) in [5, 5.41) is 4.99. The SMILES string of the molecule is CCC(CC)C(CNCc1cccc2[nH]ccc12)N(C)C. The Hall–Kier alpha value is -1.32. The molecule has 0 bridgehead atoms. The van der Waals surface area contributed by atoms with Crippen molar-refractivity contribution in [3.05, 3.63) is 36.0 Å². The van der Waals surface area contributed by atoms with Crippen LogP contribution in [0.15, 0.2) is 30.5 Å². The summed E-state index contributed by atoms with van der Waals surface area (Å²) >= 11 is 0. The maximum absolute atomic E-state index is 3.66. The number of aromatic nitrogens is 1. The molecule has 0 fully saturated rings. The first kappa shape index (κ1) is 16.1.